The lowest BCUT2D eigenvalue weighted by atomic mass is 9.98. The molecule has 1 unspecified atom stereocenters. The molecule has 4 rings (SSSR count). The number of halogens is 1. The van der Waals surface area contributed by atoms with E-state index in [1.54, 1.807) is 42.3 Å². The second-order valence-electron chi connectivity index (χ2n) is 9.71. The molecule has 4 N–H and O–H groups in total. The largest absolute Gasteiger partial charge is 0.493 e. The Balaban J connectivity index is 0.000000310. The average molecular weight is 603 g/mol. The molecule has 1 aromatic heterocycles. The van der Waals surface area contributed by atoms with Crippen molar-refractivity contribution < 1.29 is 28.5 Å². The fourth-order valence-corrected chi connectivity index (χ4v) is 4.26. The first-order valence-electron chi connectivity index (χ1n) is 13.3. The third-order valence-electron chi connectivity index (χ3n) is 6.26. The number of hydrogen-bond acceptors (Lipinski definition) is 9. The molecule has 1 aliphatic rings. The number of aromatic nitrogens is 1. The number of benzene rings is 2. The van der Waals surface area contributed by atoms with Crippen molar-refractivity contribution in [2.75, 3.05) is 41.6 Å². The van der Waals surface area contributed by atoms with Crippen LogP contribution in [0.1, 0.15) is 43.7 Å². The highest BCUT2D eigenvalue weighted by Crippen LogP contribution is 2.43. The van der Waals surface area contributed by atoms with Gasteiger partial charge in [0.15, 0.2) is 17.8 Å². The number of nitrogens with two attached hydrogens (primary N) is 2. The number of nitrogens with zero attached hydrogens (tertiary/aromatic N) is 2. The molecule has 0 fully saturated rings. The van der Waals surface area contributed by atoms with Gasteiger partial charge in [-0.1, -0.05) is 23.7 Å². The van der Waals surface area contributed by atoms with Gasteiger partial charge < -0.3 is 43.8 Å². The summed E-state index contributed by atoms with van der Waals surface area (Å²) in [5.41, 5.74) is 9.27. The molecule has 0 bridgehead atoms. The first kappa shape index (κ1) is 34.7. The predicted octanol–water partition coefficient (Wildman–Crippen LogP) is 5.01. The van der Waals surface area contributed by atoms with Gasteiger partial charge in [0, 0.05) is 55.0 Å². The van der Waals surface area contributed by atoms with Crippen LogP contribution in [0.15, 0.2) is 66.6 Å². The van der Waals surface area contributed by atoms with Crippen LogP contribution in [0.5, 0.6) is 11.5 Å². The van der Waals surface area contributed by atoms with Crippen LogP contribution in [0.2, 0.25) is 5.02 Å². The van der Waals surface area contributed by atoms with Crippen LogP contribution in [0.3, 0.4) is 0 Å². The molecule has 2 heterocycles. The van der Waals surface area contributed by atoms with Crippen LogP contribution in [0.4, 0.5) is 0 Å². The maximum atomic E-state index is 10.5. The molecule has 1 aliphatic heterocycles. The molecule has 1 atom stereocenters. The number of ether oxygens (including phenoxy) is 5. The summed E-state index contributed by atoms with van der Waals surface area (Å²) in [5.74, 6) is 6.97. The Labute approximate surface area is 253 Å². The van der Waals surface area contributed by atoms with Gasteiger partial charge in [0.2, 0.25) is 0 Å². The van der Waals surface area contributed by atoms with Gasteiger partial charge in [-0.2, -0.15) is 0 Å². The Hall–Kier alpha value is -3.54. The number of hydrogen-bond donors (Lipinski definition) is 2. The summed E-state index contributed by atoms with van der Waals surface area (Å²) < 4.78 is 29.1. The number of aldehydes is 1. The van der Waals surface area contributed by atoms with Crippen molar-refractivity contribution in [3.05, 3.63) is 88.5 Å². The molecule has 2 aromatic carbocycles. The second-order valence-corrected chi connectivity index (χ2v) is 10.1. The second kappa shape index (κ2) is 16.8. The van der Waals surface area contributed by atoms with Crippen LogP contribution < -0.4 is 21.1 Å². The van der Waals surface area contributed by atoms with Crippen molar-refractivity contribution in [2.24, 2.45) is 11.6 Å². The third kappa shape index (κ3) is 8.98. The summed E-state index contributed by atoms with van der Waals surface area (Å²) in [7, 11) is 6.52. The minimum absolute atomic E-state index is 0.229. The zero-order valence-electron chi connectivity index (χ0n) is 25.4. The Morgan fingerprint density at radius 1 is 1.12 bits per heavy atom. The monoisotopic (exact) mass is 602 g/mol. The Bertz CT molecular complexity index is 1310. The number of fused-ring (bicyclic) bond motifs is 3. The molecule has 42 heavy (non-hydrogen) atoms. The highest BCUT2D eigenvalue weighted by atomic mass is 35.5. The fourth-order valence-electron chi connectivity index (χ4n) is 4.08. The average Bonchev–Trinajstić information content (AvgIpc) is 3.40. The molecule has 0 radical (unpaired) electrons. The van der Waals surface area contributed by atoms with Gasteiger partial charge in [0.25, 0.3) is 0 Å². The number of hydrazine groups is 1. The SMILES string of the molecule is CCN(N)/C(=C\N)COC(C)(C)C=O.COC.COc1cccc(C2OCc3cccn3-c3ccc(Cl)cc32)c1OC. The van der Waals surface area contributed by atoms with Gasteiger partial charge in [-0.15, -0.1) is 0 Å². The molecular formula is C31H43ClN4O6. The predicted molar refractivity (Wildman–Crippen MR) is 165 cm³/mol. The maximum Gasteiger partial charge on any atom is 0.166 e. The van der Waals surface area contributed by atoms with E-state index in [4.69, 9.17) is 42.1 Å². The molecular weight excluding hydrogens is 560 g/mol. The van der Waals surface area contributed by atoms with Gasteiger partial charge in [-0.3, -0.25) is 0 Å². The zero-order valence-corrected chi connectivity index (χ0v) is 26.2. The minimum atomic E-state index is -0.803. The van der Waals surface area contributed by atoms with Gasteiger partial charge in [0.05, 0.1) is 38.8 Å². The lowest BCUT2D eigenvalue weighted by Crippen LogP contribution is -2.35. The minimum Gasteiger partial charge on any atom is -0.493 e. The standard InChI is InChI=1S/C20H18ClNO3.C9H19N3O2.C2H6O/c1-23-18-7-3-6-15(20(18)24-2)19-16-11-13(21)8-9-17(16)22-10-4-5-14(22)12-25-19;1-4-12(11)8(5-10)6-14-9(2,3)7-13;1-3-2/h3-11,19H,12H2,1-2H3;5,7H,4,6,10-11H2,1-3H3;1-2H3/b;8-5-;. The van der Waals surface area contributed by atoms with E-state index in [0.717, 1.165) is 28.8 Å². The van der Waals surface area contributed by atoms with Crippen LogP contribution in [0.25, 0.3) is 5.69 Å². The first-order chi connectivity index (χ1) is 20.1. The number of carbonyl (C=O) groups excluding carboxylic acids is 1. The van der Waals surface area contributed by atoms with Gasteiger partial charge in [-0.25, -0.2) is 5.84 Å². The van der Waals surface area contributed by atoms with Crippen LogP contribution in [-0.4, -0.2) is 63.1 Å². The van der Waals surface area contributed by atoms with E-state index in [2.05, 4.69) is 15.4 Å². The fraction of sp³-hybridized carbons (Fsp3) is 0.387. The summed E-state index contributed by atoms with van der Waals surface area (Å²) in [6.07, 6.45) is 3.85. The number of methoxy groups -OCH3 is 3. The van der Waals surface area contributed by atoms with Crippen molar-refractivity contribution in [1.82, 2.24) is 9.58 Å². The summed E-state index contributed by atoms with van der Waals surface area (Å²) in [6.45, 7) is 6.61. The number of rotatable bonds is 9. The van der Waals surface area contributed by atoms with E-state index in [1.807, 2.05) is 55.6 Å². The Kier molecular flexibility index (Phi) is 13.9. The quantitative estimate of drug-likeness (QED) is 0.198. The summed E-state index contributed by atoms with van der Waals surface area (Å²) >= 11 is 6.30. The van der Waals surface area contributed by atoms with Crippen LogP contribution in [0, 0.1) is 0 Å². The van der Waals surface area contributed by atoms with E-state index in [0.29, 0.717) is 35.4 Å². The van der Waals surface area contributed by atoms with Crippen molar-refractivity contribution in [1.29, 1.82) is 0 Å². The number of para-hydroxylation sites is 1. The molecule has 0 spiro atoms. The van der Waals surface area contributed by atoms with Crippen molar-refractivity contribution in [3.8, 4) is 17.2 Å². The lowest BCUT2D eigenvalue weighted by Gasteiger charge is -2.24. The number of carbonyl (C=O) groups is 1. The van der Waals surface area contributed by atoms with Crippen LogP contribution >= 0.6 is 11.6 Å². The van der Waals surface area contributed by atoms with E-state index in [-0.39, 0.29) is 12.7 Å². The zero-order chi connectivity index (χ0) is 31.3. The van der Waals surface area contributed by atoms with Gasteiger partial charge >= 0.3 is 0 Å². The highest BCUT2D eigenvalue weighted by Gasteiger charge is 2.28. The summed E-state index contributed by atoms with van der Waals surface area (Å²) in [4.78, 5) is 10.5. The van der Waals surface area contributed by atoms with Crippen LogP contribution in [-0.2, 0) is 25.6 Å². The Morgan fingerprint density at radius 2 is 1.83 bits per heavy atom. The molecule has 11 heteroatoms. The van der Waals surface area contributed by atoms with E-state index >= 15 is 0 Å². The number of likely N-dealkylation sites (N-methyl/N-ethyl adjacent to an activating group) is 1. The van der Waals surface area contributed by atoms with Crippen molar-refractivity contribution in [3.63, 3.8) is 0 Å². The third-order valence-corrected chi connectivity index (χ3v) is 6.49. The molecule has 0 aliphatic carbocycles. The van der Waals surface area contributed by atoms with Crippen molar-refractivity contribution in [2.45, 2.75) is 39.1 Å². The molecule has 0 saturated carbocycles. The molecule has 230 valence electrons. The van der Waals surface area contributed by atoms with E-state index in [1.165, 1.54) is 11.2 Å². The highest BCUT2D eigenvalue weighted by molar-refractivity contribution is 6.30. The topological polar surface area (TPSA) is 123 Å². The first-order valence-corrected chi connectivity index (χ1v) is 13.7. The van der Waals surface area contributed by atoms with Crippen molar-refractivity contribution >= 4 is 17.9 Å². The summed E-state index contributed by atoms with van der Waals surface area (Å²) in [5, 5.41) is 2.14. The molecule has 0 saturated heterocycles. The molecule has 10 nitrogen and oxygen atoms in total. The van der Waals surface area contributed by atoms with E-state index in [9.17, 15) is 4.79 Å². The normalized spacial score (nSPS) is 14.1. The molecule has 0 amide bonds. The summed E-state index contributed by atoms with van der Waals surface area (Å²) in [6, 6.07) is 15.8. The smallest absolute Gasteiger partial charge is 0.166 e. The Morgan fingerprint density at radius 3 is 2.43 bits per heavy atom. The van der Waals surface area contributed by atoms with Gasteiger partial charge in [0.1, 0.15) is 11.7 Å². The van der Waals surface area contributed by atoms with Gasteiger partial charge in [-0.05, 0) is 57.2 Å². The molecule has 3 aromatic rings. The lowest BCUT2D eigenvalue weighted by molar-refractivity contribution is -0.126. The van der Waals surface area contributed by atoms with E-state index < -0.39 is 5.60 Å². The maximum absolute atomic E-state index is 10.5.